The summed E-state index contributed by atoms with van der Waals surface area (Å²) in [6.45, 7) is 9.00. The van der Waals surface area contributed by atoms with Crippen molar-refractivity contribution in [2.24, 2.45) is 0 Å². The number of piperazine rings is 2. The molecule has 1 aliphatic carbocycles. The van der Waals surface area contributed by atoms with Crippen LogP contribution in [0.2, 0.25) is 0 Å². The smallest absolute Gasteiger partial charge is 0.256 e. The Balaban J connectivity index is 1.50. The number of amides is 1. The molecule has 1 saturated carbocycles. The molecule has 27 heavy (non-hydrogen) atoms. The van der Waals surface area contributed by atoms with Crippen LogP contribution in [-0.4, -0.2) is 71.0 Å². The van der Waals surface area contributed by atoms with Crippen LogP contribution in [0.3, 0.4) is 0 Å². The van der Waals surface area contributed by atoms with Crippen LogP contribution >= 0.6 is 0 Å². The van der Waals surface area contributed by atoms with E-state index in [1.54, 1.807) is 18.2 Å². The quantitative estimate of drug-likeness (QED) is 0.795. The van der Waals surface area contributed by atoms with Crippen LogP contribution in [0, 0.1) is 5.82 Å². The van der Waals surface area contributed by atoms with Gasteiger partial charge in [0.05, 0.1) is 5.56 Å². The lowest BCUT2D eigenvalue weighted by Crippen LogP contribution is -2.71. The number of hydrogen-bond donors (Lipinski definition) is 0. The van der Waals surface area contributed by atoms with Crippen LogP contribution in [0.15, 0.2) is 24.3 Å². The van der Waals surface area contributed by atoms with Gasteiger partial charge in [0.15, 0.2) is 0 Å². The number of nitrogens with zero attached hydrogens (tertiary/aromatic N) is 3. The highest BCUT2D eigenvalue weighted by atomic mass is 19.1. The Hall–Kier alpha value is -1.46. The van der Waals surface area contributed by atoms with Gasteiger partial charge in [0, 0.05) is 50.3 Å². The summed E-state index contributed by atoms with van der Waals surface area (Å²) in [5.74, 6) is -0.592. The van der Waals surface area contributed by atoms with Gasteiger partial charge in [0.2, 0.25) is 0 Å². The highest BCUT2D eigenvalue weighted by Gasteiger charge is 2.45. The van der Waals surface area contributed by atoms with Crippen molar-refractivity contribution in [1.29, 1.82) is 0 Å². The molecule has 0 N–H and O–H groups in total. The Morgan fingerprint density at radius 2 is 1.78 bits per heavy atom. The maximum Gasteiger partial charge on any atom is 0.256 e. The van der Waals surface area contributed by atoms with E-state index in [-0.39, 0.29) is 17.0 Å². The number of carbonyl (C=O) groups excluding carboxylic acids is 1. The molecular formula is C22H32FN3O. The third kappa shape index (κ3) is 3.77. The third-order valence-electron chi connectivity index (χ3n) is 6.78. The summed E-state index contributed by atoms with van der Waals surface area (Å²) < 4.78 is 14.2. The number of carbonyl (C=O) groups is 1. The molecule has 2 heterocycles. The number of benzene rings is 1. The Kier molecular flexibility index (Phi) is 5.26. The normalized spacial score (nSPS) is 27.4. The minimum absolute atomic E-state index is 0.0809. The fourth-order valence-electron chi connectivity index (χ4n) is 5.45. The van der Waals surface area contributed by atoms with E-state index in [2.05, 4.69) is 23.6 Å². The lowest BCUT2D eigenvalue weighted by atomic mass is 9.89. The van der Waals surface area contributed by atoms with Gasteiger partial charge in [0.25, 0.3) is 5.91 Å². The van der Waals surface area contributed by atoms with Crippen molar-refractivity contribution in [1.82, 2.24) is 14.7 Å². The Labute approximate surface area is 162 Å². The van der Waals surface area contributed by atoms with Crippen molar-refractivity contribution in [2.75, 3.05) is 32.7 Å². The molecule has 0 spiro atoms. The first-order valence-corrected chi connectivity index (χ1v) is 10.5. The predicted molar refractivity (Wildman–Crippen MR) is 105 cm³/mol. The molecule has 0 radical (unpaired) electrons. The largest absolute Gasteiger partial charge is 0.335 e. The van der Waals surface area contributed by atoms with Crippen molar-refractivity contribution in [3.05, 3.63) is 35.6 Å². The SMILES string of the molecule is CC1(C)CN(C(=O)c2ccccc2F)C[C@@H]2CN(C3CCCCC3)CCN21. The summed E-state index contributed by atoms with van der Waals surface area (Å²) in [5, 5.41) is 0. The summed E-state index contributed by atoms with van der Waals surface area (Å²) in [6.07, 6.45) is 6.69. The first kappa shape index (κ1) is 18.9. The molecule has 0 bridgehead atoms. The topological polar surface area (TPSA) is 26.8 Å². The van der Waals surface area contributed by atoms with Gasteiger partial charge in [-0.15, -0.1) is 0 Å². The van der Waals surface area contributed by atoms with Gasteiger partial charge in [-0.25, -0.2) is 4.39 Å². The average Bonchev–Trinajstić information content (AvgIpc) is 2.67. The lowest BCUT2D eigenvalue weighted by Gasteiger charge is -2.56. The van der Waals surface area contributed by atoms with Crippen LogP contribution < -0.4 is 0 Å². The first-order valence-electron chi connectivity index (χ1n) is 10.5. The van der Waals surface area contributed by atoms with Crippen molar-refractivity contribution in [2.45, 2.75) is 63.6 Å². The van der Waals surface area contributed by atoms with Crippen LogP contribution in [0.5, 0.6) is 0 Å². The minimum atomic E-state index is -0.421. The second kappa shape index (κ2) is 7.51. The van der Waals surface area contributed by atoms with Gasteiger partial charge in [-0.3, -0.25) is 14.6 Å². The summed E-state index contributed by atoms with van der Waals surface area (Å²) in [7, 11) is 0. The van der Waals surface area contributed by atoms with Gasteiger partial charge in [-0.2, -0.15) is 0 Å². The molecule has 0 aromatic heterocycles. The fourth-order valence-corrected chi connectivity index (χ4v) is 5.45. The van der Waals surface area contributed by atoms with E-state index in [1.165, 1.54) is 38.2 Å². The number of fused-ring (bicyclic) bond motifs is 1. The Bertz CT molecular complexity index is 686. The van der Waals surface area contributed by atoms with Gasteiger partial charge in [-0.05, 0) is 38.8 Å². The number of rotatable bonds is 2. The fraction of sp³-hybridized carbons (Fsp3) is 0.682. The van der Waals surface area contributed by atoms with Crippen molar-refractivity contribution in [3.63, 3.8) is 0 Å². The molecule has 4 rings (SSSR count). The highest BCUT2D eigenvalue weighted by Crippen LogP contribution is 2.32. The second-order valence-electron chi connectivity index (χ2n) is 9.11. The summed E-state index contributed by atoms with van der Waals surface area (Å²) in [4.78, 5) is 20.1. The van der Waals surface area contributed by atoms with E-state index in [0.717, 1.165) is 19.6 Å². The van der Waals surface area contributed by atoms with Gasteiger partial charge in [-0.1, -0.05) is 31.4 Å². The van der Waals surface area contributed by atoms with Gasteiger partial charge in [0.1, 0.15) is 5.82 Å². The van der Waals surface area contributed by atoms with E-state index >= 15 is 0 Å². The van der Waals surface area contributed by atoms with Crippen LogP contribution in [-0.2, 0) is 0 Å². The molecule has 2 aliphatic heterocycles. The maximum atomic E-state index is 14.2. The molecular weight excluding hydrogens is 341 g/mol. The molecule has 1 atom stereocenters. The average molecular weight is 374 g/mol. The monoisotopic (exact) mass is 373 g/mol. The van der Waals surface area contributed by atoms with Crippen molar-refractivity contribution in [3.8, 4) is 0 Å². The Morgan fingerprint density at radius 3 is 2.52 bits per heavy atom. The van der Waals surface area contributed by atoms with Crippen molar-refractivity contribution < 1.29 is 9.18 Å². The first-order chi connectivity index (χ1) is 13.0. The predicted octanol–water partition coefficient (Wildman–Crippen LogP) is 3.38. The van der Waals surface area contributed by atoms with Crippen LogP contribution in [0.4, 0.5) is 4.39 Å². The van der Waals surface area contributed by atoms with E-state index in [1.807, 2.05) is 4.90 Å². The van der Waals surface area contributed by atoms with E-state index in [9.17, 15) is 9.18 Å². The molecule has 1 aromatic carbocycles. The second-order valence-corrected chi connectivity index (χ2v) is 9.11. The zero-order valence-electron chi connectivity index (χ0n) is 16.7. The molecule has 1 aromatic rings. The number of hydrogen-bond acceptors (Lipinski definition) is 3. The standard InChI is InChI=1S/C22H32FN3O/c1-22(2)16-25(21(27)19-10-6-7-11-20(19)23)15-18-14-24(12-13-26(18)22)17-8-4-3-5-9-17/h6-7,10-11,17-18H,3-5,8-9,12-16H2,1-2H3/t18-/m0/s1. The molecule has 5 heteroatoms. The molecule has 2 saturated heterocycles. The van der Waals surface area contributed by atoms with E-state index in [4.69, 9.17) is 0 Å². The summed E-state index contributed by atoms with van der Waals surface area (Å²) in [6, 6.07) is 7.40. The molecule has 0 unspecified atom stereocenters. The Morgan fingerprint density at radius 1 is 1.04 bits per heavy atom. The number of halogens is 1. The van der Waals surface area contributed by atoms with Gasteiger partial charge >= 0.3 is 0 Å². The van der Waals surface area contributed by atoms with Gasteiger partial charge < -0.3 is 4.90 Å². The molecule has 3 aliphatic rings. The highest BCUT2D eigenvalue weighted by molar-refractivity contribution is 5.94. The lowest BCUT2D eigenvalue weighted by molar-refractivity contribution is -0.0670. The zero-order chi connectivity index (χ0) is 19.0. The van der Waals surface area contributed by atoms with Crippen LogP contribution in [0.1, 0.15) is 56.3 Å². The molecule has 3 fully saturated rings. The molecule has 1 amide bonds. The zero-order valence-corrected chi connectivity index (χ0v) is 16.7. The summed E-state index contributed by atoms with van der Waals surface area (Å²) >= 11 is 0. The van der Waals surface area contributed by atoms with E-state index in [0.29, 0.717) is 25.2 Å². The molecule has 148 valence electrons. The van der Waals surface area contributed by atoms with E-state index < -0.39 is 5.82 Å². The minimum Gasteiger partial charge on any atom is -0.335 e. The molecule has 4 nitrogen and oxygen atoms in total. The van der Waals surface area contributed by atoms with Crippen molar-refractivity contribution >= 4 is 5.91 Å². The summed E-state index contributed by atoms with van der Waals surface area (Å²) in [5.41, 5.74) is 0.115. The van der Waals surface area contributed by atoms with Crippen LogP contribution in [0.25, 0.3) is 0 Å². The maximum absolute atomic E-state index is 14.2. The third-order valence-corrected chi connectivity index (χ3v) is 6.78.